The number of ether oxygens (including phenoxy) is 2. The Kier molecular flexibility index (Phi) is 11.0. The largest absolute Gasteiger partial charge is 0.350 e. The Labute approximate surface area is 167 Å². The van der Waals surface area contributed by atoms with Crippen molar-refractivity contribution in [1.82, 2.24) is 0 Å². The summed E-state index contributed by atoms with van der Waals surface area (Å²) in [5, 5.41) is 2.99. The van der Waals surface area contributed by atoms with Gasteiger partial charge >= 0.3 is 0 Å². The minimum atomic E-state index is -1.46. The molecule has 0 bridgehead atoms. The van der Waals surface area contributed by atoms with E-state index in [4.69, 9.17) is 9.47 Å². The SMILES string of the molecule is C=CC(C)C.CCCOC1CO1.C[Si](C)(c1ccccc1)c1ccccc1. The lowest BCUT2D eigenvalue weighted by molar-refractivity contribution is 0.0508. The number of hydrogen-bond acceptors (Lipinski definition) is 2. The van der Waals surface area contributed by atoms with Crippen LogP contribution in [0.1, 0.15) is 27.2 Å². The summed E-state index contributed by atoms with van der Waals surface area (Å²) in [6.45, 7) is 16.3. The molecule has 1 saturated heterocycles. The quantitative estimate of drug-likeness (QED) is 0.392. The highest BCUT2D eigenvalue weighted by atomic mass is 28.3. The van der Waals surface area contributed by atoms with Crippen LogP contribution in [-0.2, 0) is 9.47 Å². The molecule has 0 aliphatic carbocycles. The van der Waals surface area contributed by atoms with Gasteiger partial charge in [-0.1, -0.05) is 111 Å². The van der Waals surface area contributed by atoms with Gasteiger partial charge in [0, 0.05) is 6.61 Å². The minimum absolute atomic E-state index is 0.153. The van der Waals surface area contributed by atoms with Crippen LogP contribution in [0.4, 0.5) is 0 Å². The molecule has 1 atom stereocenters. The zero-order valence-corrected chi connectivity index (χ0v) is 18.7. The second-order valence-electron chi connectivity index (χ2n) is 7.47. The topological polar surface area (TPSA) is 21.8 Å². The highest BCUT2D eigenvalue weighted by molar-refractivity contribution is 7.00. The summed E-state index contributed by atoms with van der Waals surface area (Å²) < 4.78 is 9.87. The second kappa shape index (κ2) is 12.7. The smallest absolute Gasteiger partial charge is 0.181 e. The summed E-state index contributed by atoms with van der Waals surface area (Å²) >= 11 is 0. The van der Waals surface area contributed by atoms with Crippen LogP contribution in [0.25, 0.3) is 0 Å². The second-order valence-corrected chi connectivity index (χ2v) is 11.9. The summed E-state index contributed by atoms with van der Waals surface area (Å²) in [6, 6.07) is 21.7. The Hall–Kier alpha value is -1.68. The molecule has 148 valence electrons. The normalized spacial score (nSPS) is 15.1. The third-order valence-corrected chi connectivity index (χ3v) is 7.83. The van der Waals surface area contributed by atoms with Gasteiger partial charge in [0.25, 0.3) is 0 Å². The predicted octanol–water partition coefficient (Wildman–Crippen LogP) is 5.11. The Bertz CT molecular complexity index is 578. The van der Waals surface area contributed by atoms with Gasteiger partial charge in [0.2, 0.25) is 0 Å². The fraction of sp³-hybridized carbons (Fsp3) is 0.417. The monoisotopic (exact) mass is 384 g/mol. The Morgan fingerprint density at radius 2 is 1.44 bits per heavy atom. The summed E-state index contributed by atoms with van der Waals surface area (Å²) in [6.07, 6.45) is 3.15. The van der Waals surface area contributed by atoms with E-state index in [0.29, 0.717) is 5.92 Å². The van der Waals surface area contributed by atoms with Crippen LogP contribution in [0.2, 0.25) is 13.1 Å². The number of hydrogen-bond donors (Lipinski definition) is 0. The fourth-order valence-electron chi connectivity index (χ4n) is 2.26. The van der Waals surface area contributed by atoms with Crippen molar-refractivity contribution >= 4 is 18.4 Å². The average molecular weight is 385 g/mol. The van der Waals surface area contributed by atoms with Crippen molar-refractivity contribution in [3.8, 4) is 0 Å². The van der Waals surface area contributed by atoms with E-state index in [1.54, 1.807) is 0 Å². The molecular formula is C24H36O2Si. The highest BCUT2D eigenvalue weighted by Gasteiger charge is 2.24. The number of epoxide rings is 1. The summed E-state index contributed by atoms with van der Waals surface area (Å²) in [5.41, 5.74) is 0. The van der Waals surface area contributed by atoms with E-state index < -0.39 is 8.07 Å². The van der Waals surface area contributed by atoms with Gasteiger partial charge in [-0.05, 0) is 12.3 Å². The first-order valence-electron chi connectivity index (χ1n) is 9.88. The minimum Gasteiger partial charge on any atom is -0.350 e. The van der Waals surface area contributed by atoms with Crippen LogP contribution >= 0.6 is 0 Å². The molecule has 0 radical (unpaired) electrons. The molecule has 0 spiro atoms. The molecule has 1 aliphatic rings. The van der Waals surface area contributed by atoms with Crippen molar-refractivity contribution < 1.29 is 9.47 Å². The van der Waals surface area contributed by atoms with Crippen LogP contribution in [0.15, 0.2) is 73.3 Å². The van der Waals surface area contributed by atoms with Crippen molar-refractivity contribution in [1.29, 1.82) is 0 Å². The van der Waals surface area contributed by atoms with E-state index >= 15 is 0 Å². The van der Waals surface area contributed by atoms with E-state index in [-0.39, 0.29) is 6.29 Å². The first kappa shape index (κ1) is 23.4. The van der Waals surface area contributed by atoms with Gasteiger partial charge in [-0.3, -0.25) is 0 Å². The van der Waals surface area contributed by atoms with Crippen LogP contribution in [0.5, 0.6) is 0 Å². The molecular weight excluding hydrogens is 348 g/mol. The molecule has 0 N–H and O–H groups in total. The van der Waals surface area contributed by atoms with Crippen molar-refractivity contribution in [2.24, 2.45) is 5.92 Å². The lowest BCUT2D eigenvalue weighted by Gasteiger charge is -2.23. The molecule has 2 aromatic rings. The van der Waals surface area contributed by atoms with Crippen molar-refractivity contribution in [3.63, 3.8) is 0 Å². The Morgan fingerprint density at radius 3 is 1.74 bits per heavy atom. The number of allylic oxidation sites excluding steroid dienone is 1. The van der Waals surface area contributed by atoms with E-state index in [9.17, 15) is 0 Å². The lowest BCUT2D eigenvalue weighted by atomic mass is 10.2. The molecule has 2 aromatic carbocycles. The maximum atomic E-state index is 5.08. The van der Waals surface area contributed by atoms with Gasteiger partial charge in [0.15, 0.2) is 6.29 Å². The molecule has 1 unspecified atom stereocenters. The maximum absolute atomic E-state index is 5.08. The summed E-state index contributed by atoms with van der Waals surface area (Å²) in [4.78, 5) is 0. The molecule has 27 heavy (non-hydrogen) atoms. The molecule has 2 nitrogen and oxygen atoms in total. The third kappa shape index (κ3) is 9.71. The average Bonchev–Trinajstić information content (AvgIpc) is 3.53. The Morgan fingerprint density at radius 1 is 1.04 bits per heavy atom. The zero-order valence-electron chi connectivity index (χ0n) is 17.7. The zero-order chi connectivity index (χ0) is 20.1. The van der Waals surface area contributed by atoms with Gasteiger partial charge in [0.1, 0.15) is 14.7 Å². The molecule has 3 rings (SSSR count). The van der Waals surface area contributed by atoms with E-state index in [0.717, 1.165) is 19.6 Å². The summed E-state index contributed by atoms with van der Waals surface area (Å²) in [5.74, 6) is 0.648. The molecule has 3 heteroatoms. The van der Waals surface area contributed by atoms with Gasteiger partial charge in [-0.15, -0.1) is 6.58 Å². The van der Waals surface area contributed by atoms with Crippen LogP contribution in [-0.4, -0.2) is 27.6 Å². The molecule has 1 fully saturated rings. The molecule has 0 saturated carbocycles. The summed E-state index contributed by atoms with van der Waals surface area (Å²) in [7, 11) is -1.46. The van der Waals surface area contributed by atoms with E-state index in [1.165, 1.54) is 10.4 Å². The van der Waals surface area contributed by atoms with Gasteiger partial charge < -0.3 is 9.47 Å². The lowest BCUT2D eigenvalue weighted by Crippen LogP contribution is -2.52. The standard InChI is InChI=1S/C14H16Si.C5H10O2.C5H10/c1-15(2,13-9-5-3-6-10-13)14-11-7-4-8-12-14;1-2-3-6-5-4-7-5;1-4-5(2)3/h3-12H,1-2H3;5H,2-4H2,1H3;4-5H,1H2,2-3H3. The fourth-order valence-corrected chi connectivity index (χ4v) is 4.65. The van der Waals surface area contributed by atoms with Gasteiger partial charge in [-0.25, -0.2) is 0 Å². The first-order chi connectivity index (χ1) is 12.9. The van der Waals surface area contributed by atoms with E-state index in [1.807, 2.05) is 6.08 Å². The molecule has 0 amide bonds. The molecule has 0 aromatic heterocycles. The Balaban J connectivity index is 0.000000252. The maximum Gasteiger partial charge on any atom is 0.181 e. The van der Waals surface area contributed by atoms with Gasteiger partial charge in [-0.2, -0.15) is 0 Å². The first-order valence-corrected chi connectivity index (χ1v) is 12.9. The van der Waals surface area contributed by atoms with Crippen molar-refractivity contribution in [2.45, 2.75) is 46.6 Å². The highest BCUT2D eigenvalue weighted by Crippen LogP contribution is 2.09. The van der Waals surface area contributed by atoms with E-state index in [2.05, 4.69) is 101 Å². The predicted molar refractivity (Wildman–Crippen MR) is 121 cm³/mol. The van der Waals surface area contributed by atoms with Crippen LogP contribution in [0, 0.1) is 5.92 Å². The van der Waals surface area contributed by atoms with Crippen LogP contribution in [0.3, 0.4) is 0 Å². The third-order valence-electron chi connectivity index (χ3n) is 4.27. The number of rotatable bonds is 6. The van der Waals surface area contributed by atoms with Gasteiger partial charge in [0.05, 0.1) is 0 Å². The molecule has 1 aliphatic heterocycles. The van der Waals surface area contributed by atoms with Crippen LogP contribution < -0.4 is 10.4 Å². The van der Waals surface area contributed by atoms with Crippen molar-refractivity contribution in [3.05, 3.63) is 73.3 Å². The molecule has 1 heterocycles. The number of benzene rings is 2. The van der Waals surface area contributed by atoms with Crippen molar-refractivity contribution in [2.75, 3.05) is 13.2 Å².